The molecule has 6 heteroatoms. The molecule has 0 spiro atoms. The SMILES string of the molecule is CC(C)(C)OC(=O)NC1CCN(c2cccc(F)c2Br)C1. The van der Waals surface area contributed by atoms with E-state index < -0.39 is 11.7 Å². The number of anilines is 1. The first-order valence-electron chi connectivity index (χ1n) is 6.95. The number of benzene rings is 1. The smallest absolute Gasteiger partial charge is 0.407 e. The molecule has 1 aromatic rings. The first-order chi connectivity index (χ1) is 9.76. The summed E-state index contributed by atoms with van der Waals surface area (Å²) in [5.41, 5.74) is 0.303. The minimum atomic E-state index is -0.506. The molecule has 2 rings (SSSR count). The summed E-state index contributed by atoms with van der Waals surface area (Å²) in [6, 6.07) is 4.97. The first-order valence-corrected chi connectivity index (χ1v) is 7.74. The third-order valence-corrected chi connectivity index (χ3v) is 3.97. The van der Waals surface area contributed by atoms with E-state index in [-0.39, 0.29) is 11.9 Å². The van der Waals surface area contributed by atoms with Crippen molar-refractivity contribution in [2.75, 3.05) is 18.0 Å². The van der Waals surface area contributed by atoms with Gasteiger partial charge in [-0.15, -0.1) is 0 Å². The lowest BCUT2D eigenvalue weighted by molar-refractivity contribution is 0.0509. The molecule has 1 aromatic carbocycles. The number of rotatable bonds is 2. The second-order valence-electron chi connectivity index (χ2n) is 6.15. The standard InChI is InChI=1S/C15H20BrFN2O2/c1-15(2,3)21-14(20)18-10-7-8-19(9-10)12-6-4-5-11(17)13(12)16/h4-6,10H,7-9H2,1-3H3,(H,18,20). The highest BCUT2D eigenvalue weighted by atomic mass is 79.9. The monoisotopic (exact) mass is 358 g/mol. The van der Waals surface area contributed by atoms with E-state index in [1.807, 2.05) is 26.8 Å². The number of alkyl carbamates (subject to hydrolysis) is 1. The number of hydrogen-bond acceptors (Lipinski definition) is 3. The number of amides is 1. The van der Waals surface area contributed by atoms with Crippen LogP contribution in [0.1, 0.15) is 27.2 Å². The van der Waals surface area contributed by atoms with Gasteiger partial charge in [0.15, 0.2) is 0 Å². The van der Waals surface area contributed by atoms with E-state index in [0.29, 0.717) is 11.0 Å². The van der Waals surface area contributed by atoms with Crippen LogP contribution in [0.3, 0.4) is 0 Å². The molecule has 1 saturated heterocycles. The van der Waals surface area contributed by atoms with Crippen LogP contribution in [0.15, 0.2) is 22.7 Å². The Kier molecular flexibility index (Phi) is 4.76. The van der Waals surface area contributed by atoms with E-state index in [0.717, 1.165) is 18.7 Å². The zero-order chi connectivity index (χ0) is 15.6. The number of hydrogen-bond donors (Lipinski definition) is 1. The van der Waals surface area contributed by atoms with Gasteiger partial charge in [0.1, 0.15) is 11.4 Å². The maximum absolute atomic E-state index is 13.6. The highest BCUT2D eigenvalue weighted by Crippen LogP contribution is 2.31. The van der Waals surface area contributed by atoms with Crippen molar-refractivity contribution in [1.29, 1.82) is 0 Å². The lowest BCUT2D eigenvalue weighted by Crippen LogP contribution is -2.40. The molecular weight excluding hydrogens is 339 g/mol. The van der Waals surface area contributed by atoms with Gasteiger partial charge in [-0.25, -0.2) is 9.18 Å². The van der Waals surface area contributed by atoms with Crippen molar-refractivity contribution in [3.05, 3.63) is 28.5 Å². The van der Waals surface area contributed by atoms with E-state index in [2.05, 4.69) is 26.1 Å². The average molecular weight is 359 g/mol. The predicted molar refractivity (Wildman–Crippen MR) is 84.1 cm³/mol. The summed E-state index contributed by atoms with van der Waals surface area (Å²) < 4.78 is 19.3. The molecule has 1 aliphatic heterocycles. The Balaban J connectivity index is 1.95. The number of nitrogens with one attached hydrogen (secondary N) is 1. The first kappa shape index (κ1) is 16.1. The summed E-state index contributed by atoms with van der Waals surface area (Å²) in [4.78, 5) is 13.8. The number of halogens is 2. The maximum atomic E-state index is 13.6. The molecular formula is C15H20BrFN2O2. The number of carbonyl (C=O) groups excluding carboxylic acids is 1. The predicted octanol–water partition coefficient (Wildman–Crippen LogP) is 3.69. The highest BCUT2D eigenvalue weighted by Gasteiger charge is 2.27. The van der Waals surface area contributed by atoms with Crippen molar-refractivity contribution in [3.63, 3.8) is 0 Å². The minimum Gasteiger partial charge on any atom is -0.444 e. The topological polar surface area (TPSA) is 41.6 Å². The van der Waals surface area contributed by atoms with Crippen molar-refractivity contribution in [2.45, 2.75) is 38.8 Å². The van der Waals surface area contributed by atoms with Crippen molar-refractivity contribution >= 4 is 27.7 Å². The van der Waals surface area contributed by atoms with Crippen molar-refractivity contribution in [2.24, 2.45) is 0 Å². The normalized spacial score (nSPS) is 18.7. The summed E-state index contributed by atoms with van der Waals surface area (Å²) in [6.45, 7) is 6.90. The molecule has 1 amide bonds. The molecule has 1 fully saturated rings. The quantitative estimate of drug-likeness (QED) is 0.876. The Morgan fingerprint density at radius 1 is 1.48 bits per heavy atom. The summed E-state index contributed by atoms with van der Waals surface area (Å²) in [6.07, 6.45) is 0.398. The highest BCUT2D eigenvalue weighted by molar-refractivity contribution is 9.10. The van der Waals surface area contributed by atoms with Crippen LogP contribution >= 0.6 is 15.9 Å². The van der Waals surface area contributed by atoms with Crippen molar-refractivity contribution < 1.29 is 13.9 Å². The molecule has 1 atom stereocenters. The number of nitrogens with zero attached hydrogens (tertiary/aromatic N) is 1. The van der Waals surface area contributed by atoms with Crippen LogP contribution < -0.4 is 10.2 Å². The molecule has 0 radical (unpaired) electrons. The third kappa shape index (κ3) is 4.33. The van der Waals surface area contributed by atoms with E-state index in [1.54, 1.807) is 6.07 Å². The van der Waals surface area contributed by atoms with Crippen molar-refractivity contribution in [3.8, 4) is 0 Å². The van der Waals surface area contributed by atoms with Gasteiger partial charge in [0.25, 0.3) is 0 Å². The van der Waals surface area contributed by atoms with Gasteiger partial charge in [0.2, 0.25) is 0 Å². The third-order valence-electron chi connectivity index (χ3n) is 3.18. The Morgan fingerprint density at radius 3 is 2.86 bits per heavy atom. The largest absolute Gasteiger partial charge is 0.444 e. The van der Waals surface area contributed by atoms with Gasteiger partial charge in [-0.3, -0.25) is 0 Å². The number of carbonyl (C=O) groups is 1. The molecule has 4 nitrogen and oxygen atoms in total. The van der Waals surface area contributed by atoms with Crippen LogP contribution in [0.4, 0.5) is 14.9 Å². The van der Waals surface area contributed by atoms with Gasteiger partial charge in [-0.2, -0.15) is 0 Å². The van der Waals surface area contributed by atoms with Crippen LogP contribution in [0.5, 0.6) is 0 Å². The fourth-order valence-electron chi connectivity index (χ4n) is 2.31. The average Bonchev–Trinajstić information content (AvgIpc) is 2.78. The van der Waals surface area contributed by atoms with E-state index in [1.165, 1.54) is 6.07 Å². The second kappa shape index (κ2) is 6.22. The Labute approximate surface area is 132 Å². The molecule has 0 saturated carbocycles. The molecule has 1 heterocycles. The minimum absolute atomic E-state index is 0.00928. The van der Waals surface area contributed by atoms with Crippen LogP contribution in [0, 0.1) is 5.82 Å². The maximum Gasteiger partial charge on any atom is 0.407 e. The second-order valence-corrected chi connectivity index (χ2v) is 6.94. The van der Waals surface area contributed by atoms with Crippen molar-refractivity contribution in [1.82, 2.24) is 5.32 Å². The molecule has 0 bridgehead atoms. The van der Waals surface area contributed by atoms with Crippen LogP contribution in [-0.2, 0) is 4.74 Å². The fourth-order valence-corrected chi connectivity index (χ4v) is 2.82. The van der Waals surface area contributed by atoms with Gasteiger partial charge in [-0.1, -0.05) is 6.07 Å². The van der Waals surface area contributed by atoms with Gasteiger partial charge < -0.3 is 15.0 Å². The van der Waals surface area contributed by atoms with Gasteiger partial charge in [0.05, 0.1) is 16.2 Å². The van der Waals surface area contributed by atoms with E-state index in [4.69, 9.17) is 4.74 Å². The summed E-state index contributed by atoms with van der Waals surface area (Å²) in [5.74, 6) is -0.281. The Hall–Kier alpha value is -1.30. The molecule has 0 aliphatic carbocycles. The zero-order valence-corrected chi connectivity index (χ0v) is 14.0. The zero-order valence-electron chi connectivity index (χ0n) is 12.5. The molecule has 1 N–H and O–H groups in total. The van der Waals surface area contributed by atoms with E-state index >= 15 is 0 Å². The van der Waals surface area contributed by atoms with Crippen LogP contribution in [0.2, 0.25) is 0 Å². The Morgan fingerprint density at radius 2 is 2.19 bits per heavy atom. The summed E-state index contributed by atoms with van der Waals surface area (Å²) >= 11 is 3.27. The lowest BCUT2D eigenvalue weighted by Gasteiger charge is -2.23. The van der Waals surface area contributed by atoms with Gasteiger partial charge >= 0.3 is 6.09 Å². The van der Waals surface area contributed by atoms with Crippen LogP contribution in [0.25, 0.3) is 0 Å². The molecule has 1 aliphatic rings. The summed E-state index contributed by atoms with van der Waals surface area (Å²) in [7, 11) is 0. The molecule has 0 aromatic heterocycles. The van der Waals surface area contributed by atoms with Crippen LogP contribution in [-0.4, -0.2) is 30.8 Å². The molecule has 116 valence electrons. The Bertz CT molecular complexity index is 531. The van der Waals surface area contributed by atoms with E-state index in [9.17, 15) is 9.18 Å². The van der Waals surface area contributed by atoms with Gasteiger partial charge in [-0.05, 0) is 55.3 Å². The fraction of sp³-hybridized carbons (Fsp3) is 0.533. The molecule has 21 heavy (non-hydrogen) atoms. The number of ether oxygens (including phenoxy) is 1. The molecule has 1 unspecified atom stereocenters. The summed E-state index contributed by atoms with van der Waals surface area (Å²) in [5, 5.41) is 2.86. The lowest BCUT2D eigenvalue weighted by atomic mass is 10.2. The van der Waals surface area contributed by atoms with Gasteiger partial charge in [0, 0.05) is 13.1 Å².